The lowest BCUT2D eigenvalue weighted by molar-refractivity contribution is -0.156. The second-order valence-corrected chi connectivity index (χ2v) is 10.8. The van der Waals surface area contributed by atoms with Crippen LogP contribution >= 0.6 is 0 Å². The molecule has 0 aromatic rings. The molecule has 1 N–H and O–H groups in total. The summed E-state index contributed by atoms with van der Waals surface area (Å²) >= 11 is 0. The Hall–Kier alpha value is -1.58. The molecule has 0 heterocycles. The Labute approximate surface area is 245 Å². The molecule has 13 nitrogen and oxygen atoms in total. The lowest BCUT2D eigenvalue weighted by Crippen LogP contribution is -2.40. The Kier molecular flexibility index (Phi) is 24.0. The summed E-state index contributed by atoms with van der Waals surface area (Å²) in [4.78, 5) is 25.7. The van der Waals surface area contributed by atoms with Gasteiger partial charge in [-0.3, -0.25) is 4.79 Å². The van der Waals surface area contributed by atoms with Crippen LogP contribution in [0, 0.1) is 0 Å². The van der Waals surface area contributed by atoms with E-state index in [0.29, 0.717) is 106 Å². The summed E-state index contributed by atoms with van der Waals surface area (Å²) in [5, 5.41) is 8.64. The van der Waals surface area contributed by atoms with E-state index in [2.05, 4.69) is 0 Å². The van der Waals surface area contributed by atoms with Gasteiger partial charge < -0.3 is 52.6 Å². The second-order valence-electron chi connectivity index (χ2n) is 10.8. The highest BCUT2D eigenvalue weighted by molar-refractivity contribution is 5.69. The second kappa shape index (κ2) is 25.0. The van der Waals surface area contributed by atoms with Gasteiger partial charge in [0, 0.05) is 13.1 Å². The molecule has 0 aromatic carbocycles. The number of aliphatic hydroxyl groups excluding tert-OH is 1. The predicted molar refractivity (Wildman–Crippen MR) is 151 cm³/mol. The largest absolute Gasteiger partial charge is 0.460 e. The van der Waals surface area contributed by atoms with Crippen LogP contribution in [0.25, 0.3) is 0 Å². The van der Waals surface area contributed by atoms with Gasteiger partial charge in [0.15, 0.2) is 0 Å². The van der Waals surface area contributed by atoms with E-state index in [1.807, 2.05) is 41.5 Å². The third-order valence-corrected chi connectivity index (χ3v) is 4.63. The molecule has 0 saturated carbocycles. The fourth-order valence-electron chi connectivity index (χ4n) is 2.89. The average Bonchev–Trinajstić information content (AvgIpc) is 2.86. The minimum Gasteiger partial charge on any atom is -0.460 e. The molecule has 244 valence electrons. The molecule has 0 unspecified atom stereocenters. The van der Waals surface area contributed by atoms with Gasteiger partial charge in [-0.05, 0) is 41.5 Å². The molecule has 0 saturated heterocycles. The van der Waals surface area contributed by atoms with Gasteiger partial charge in [0.1, 0.15) is 11.2 Å². The molecule has 1 amide bonds. The molecule has 0 rings (SSSR count). The van der Waals surface area contributed by atoms with Crippen LogP contribution in [0.5, 0.6) is 0 Å². The van der Waals surface area contributed by atoms with Gasteiger partial charge >= 0.3 is 12.1 Å². The number of hydrogen-bond acceptors (Lipinski definition) is 12. The quantitative estimate of drug-likeness (QED) is 0.115. The van der Waals surface area contributed by atoms with Crippen molar-refractivity contribution in [2.75, 3.05) is 112 Å². The Morgan fingerprint density at radius 3 is 1.22 bits per heavy atom. The molecule has 41 heavy (non-hydrogen) atoms. The number of carbonyl (C=O) groups is 2. The molecule has 0 aromatic heterocycles. The molecule has 0 aliphatic heterocycles. The summed E-state index contributed by atoms with van der Waals surface area (Å²) in [7, 11) is 0. The average molecular weight is 598 g/mol. The van der Waals surface area contributed by atoms with Crippen molar-refractivity contribution in [3.8, 4) is 0 Å². The van der Waals surface area contributed by atoms with E-state index in [0.717, 1.165) is 0 Å². The highest BCUT2D eigenvalue weighted by Gasteiger charge is 2.22. The molecular formula is C28H55NO12. The van der Waals surface area contributed by atoms with Crippen molar-refractivity contribution < 1.29 is 57.3 Å². The summed E-state index contributed by atoms with van der Waals surface area (Å²) in [6.07, 6.45) is -0.215. The lowest BCUT2D eigenvalue weighted by atomic mass is 10.2. The van der Waals surface area contributed by atoms with Gasteiger partial charge in [0.05, 0.1) is 106 Å². The summed E-state index contributed by atoms with van der Waals surface area (Å²) < 4.78 is 48.6. The fraction of sp³-hybridized carbons (Fsp3) is 0.929. The van der Waals surface area contributed by atoms with Crippen molar-refractivity contribution in [1.29, 1.82) is 0 Å². The Morgan fingerprint density at radius 1 is 0.512 bits per heavy atom. The Morgan fingerprint density at radius 2 is 0.854 bits per heavy atom. The fourth-order valence-corrected chi connectivity index (χ4v) is 2.89. The van der Waals surface area contributed by atoms with Crippen LogP contribution in [-0.4, -0.2) is 145 Å². The zero-order valence-corrected chi connectivity index (χ0v) is 26.1. The van der Waals surface area contributed by atoms with Crippen molar-refractivity contribution in [3.63, 3.8) is 0 Å². The monoisotopic (exact) mass is 597 g/mol. The molecule has 0 aliphatic carbocycles. The van der Waals surface area contributed by atoms with Crippen LogP contribution in [0.2, 0.25) is 0 Å². The Balaban J connectivity index is 3.84. The maximum atomic E-state index is 12.5. The van der Waals surface area contributed by atoms with Crippen molar-refractivity contribution in [1.82, 2.24) is 4.90 Å². The molecule has 0 radical (unpaired) electrons. The third-order valence-electron chi connectivity index (χ3n) is 4.63. The summed E-state index contributed by atoms with van der Waals surface area (Å²) in [5.41, 5.74) is -1.10. The van der Waals surface area contributed by atoms with Crippen LogP contribution in [0.1, 0.15) is 48.0 Å². The minimum absolute atomic E-state index is 0.00917. The van der Waals surface area contributed by atoms with E-state index >= 15 is 0 Å². The number of rotatable bonds is 26. The topological polar surface area (TPSA) is 141 Å². The van der Waals surface area contributed by atoms with Gasteiger partial charge in [0.2, 0.25) is 0 Å². The van der Waals surface area contributed by atoms with E-state index < -0.39 is 17.3 Å². The molecule has 0 bridgehead atoms. The number of hydrogen-bond donors (Lipinski definition) is 1. The Bertz CT molecular complexity index is 637. The first-order valence-electron chi connectivity index (χ1n) is 14.3. The minimum atomic E-state index is -0.606. The summed E-state index contributed by atoms with van der Waals surface area (Å²) in [6, 6.07) is 0. The van der Waals surface area contributed by atoms with Crippen LogP contribution in [0.15, 0.2) is 0 Å². The SMILES string of the molecule is CC(C)(C)OC(=O)CCOCCOCCOCCOCCN(CCOCCOCCOCCO)C(=O)OC(C)(C)C. The van der Waals surface area contributed by atoms with Gasteiger partial charge in [-0.2, -0.15) is 0 Å². The normalized spacial score (nSPS) is 12.0. The van der Waals surface area contributed by atoms with Crippen LogP contribution in [0.3, 0.4) is 0 Å². The number of amides is 1. The maximum Gasteiger partial charge on any atom is 0.410 e. The number of carbonyl (C=O) groups excluding carboxylic acids is 2. The number of aliphatic hydroxyl groups is 1. The molecule has 0 fully saturated rings. The van der Waals surface area contributed by atoms with E-state index in [1.165, 1.54) is 0 Å². The highest BCUT2D eigenvalue weighted by Crippen LogP contribution is 2.10. The summed E-state index contributed by atoms with van der Waals surface area (Å²) in [6.45, 7) is 17.0. The third kappa shape index (κ3) is 29.7. The van der Waals surface area contributed by atoms with Gasteiger partial charge in [-0.1, -0.05) is 0 Å². The van der Waals surface area contributed by atoms with Crippen molar-refractivity contribution in [2.24, 2.45) is 0 Å². The maximum absolute atomic E-state index is 12.5. The van der Waals surface area contributed by atoms with Crippen LogP contribution in [-0.2, 0) is 47.4 Å². The van der Waals surface area contributed by atoms with Gasteiger partial charge in [-0.15, -0.1) is 0 Å². The van der Waals surface area contributed by atoms with E-state index in [9.17, 15) is 9.59 Å². The molecule has 0 atom stereocenters. The summed E-state index contributed by atoms with van der Waals surface area (Å²) in [5.74, 6) is -0.281. The van der Waals surface area contributed by atoms with Crippen molar-refractivity contribution in [3.05, 3.63) is 0 Å². The number of esters is 1. The van der Waals surface area contributed by atoms with Crippen LogP contribution < -0.4 is 0 Å². The lowest BCUT2D eigenvalue weighted by Gasteiger charge is -2.27. The van der Waals surface area contributed by atoms with Crippen LogP contribution in [0.4, 0.5) is 4.79 Å². The first-order valence-corrected chi connectivity index (χ1v) is 14.3. The standard InChI is InChI=1S/C28H55NO12/c1-27(2,3)40-25(31)7-11-33-15-19-37-23-24-39-21-17-35-13-9-29(26(32)41-28(4,5)6)8-12-34-16-20-38-22-18-36-14-10-30/h30H,7-24H2,1-6H3. The molecule has 0 spiro atoms. The van der Waals surface area contributed by atoms with E-state index in [1.54, 1.807) is 4.90 Å². The first-order chi connectivity index (χ1) is 19.4. The predicted octanol–water partition coefficient (Wildman–Crippen LogP) is 2.06. The van der Waals surface area contributed by atoms with Gasteiger partial charge in [-0.25, -0.2) is 4.79 Å². The molecule has 0 aliphatic rings. The highest BCUT2D eigenvalue weighted by atomic mass is 16.6. The number of nitrogens with zero attached hydrogens (tertiary/aromatic N) is 1. The van der Waals surface area contributed by atoms with Crippen molar-refractivity contribution >= 4 is 12.1 Å². The zero-order chi connectivity index (χ0) is 30.8. The van der Waals surface area contributed by atoms with E-state index in [4.69, 9.17) is 47.7 Å². The zero-order valence-electron chi connectivity index (χ0n) is 26.1. The van der Waals surface area contributed by atoms with Gasteiger partial charge in [0.25, 0.3) is 0 Å². The smallest absolute Gasteiger partial charge is 0.410 e. The molecule has 13 heteroatoms. The molecular weight excluding hydrogens is 542 g/mol. The van der Waals surface area contributed by atoms with Crippen molar-refractivity contribution in [2.45, 2.75) is 59.2 Å². The van der Waals surface area contributed by atoms with E-state index in [-0.39, 0.29) is 19.0 Å². The number of ether oxygens (including phenoxy) is 9. The first kappa shape index (κ1) is 39.4.